The van der Waals surface area contributed by atoms with Crippen LogP contribution in [0.5, 0.6) is 5.75 Å². The zero-order valence-electron chi connectivity index (χ0n) is 13.3. The number of rotatable bonds is 6. The summed E-state index contributed by atoms with van der Waals surface area (Å²) >= 11 is 1.91. The molecule has 138 valence electrons. The molecule has 1 saturated heterocycles. The molecule has 0 saturated carbocycles. The number of hydrogen-bond donors (Lipinski definition) is 2. The molecule has 2 N–H and O–H groups in total. The van der Waals surface area contributed by atoms with Gasteiger partial charge in [0.15, 0.2) is 11.7 Å². The number of aromatic nitrogens is 1. The lowest BCUT2D eigenvalue weighted by atomic mass is 10.1. The van der Waals surface area contributed by atoms with Gasteiger partial charge in [-0.25, -0.2) is 4.98 Å². The number of amides is 3. The molecule has 1 aromatic carbocycles. The van der Waals surface area contributed by atoms with Crippen molar-refractivity contribution in [2.75, 3.05) is 11.9 Å². The number of hydrogen-bond acceptors (Lipinski definition) is 9. The first kappa shape index (κ1) is 18.5. The third kappa shape index (κ3) is 4.68. The lowest BCUT2D eigenvalue weighted by Gasteiger charge is -2.09. The monoisotopic (exact) mass is 406 g/mol. The van der Waals surface area contributed by atoms with Crippen molar-refractivity contribution in [2.24, 2.45) is 0 Å². The van der Waals surface area contributed by atoms with Gasteiger partial charge in [0.1, 0.15) is 5.75 Å². The van der Waals surface area contributed by atoms with Crippen LogP contribution in [0.3, 0.4) is 0 Å². The van der Waals surface area contributed by atoms with E-state index in [0.717, 1.165) is 0 Å². The van der Waals surface area contributed by atoms with Crippen LogP contribution in [-0.4, -0.2) is 33.6 Å². The van der Waals surface area contributed by atoms with Crippen molar-refractivity contribution in [1.29, 1.82) is 0 Å². The summed E-state index contributed by atoms with van der Waals surface area (Å²) in [6.07, 6.45) is 2.83. The number of nitrogens with zero attached hydrogens (tertiary/aromatic N) is 2. The maximum atomic E-state index is 11.9. The lowest BCUT2D eigenvalue weighted by molar-refractivity contribution is -0.384. The van der Waals surface area contributed by atoms with Crippen LogP contribution in [0.1, 0.15) is 5.56 Å². The fourth-order valence-electron chi connectivity index (χ4n) is 2.04. The minimum absolute atomic E-state index is 0.0672. The molecule has 2 aromatic rings. The molecule has 2 heterocycles. The van der Waals surface area contributed by atoms with Crippen LogP contribution in [0, 0.1) is 10.1 Å². The van der Waals surface area contributed by atoms with Gasteiger partial charge < -0.3 is 4.74 Å². The molecule has 1 fully saturated rings. The normalized spacial score (nSPS) is 14.9. The van der Waals surface area contributed by atoms with Crippen LogP contribution in [0.25, 0.3) is 6.08 Å². The molecule has 0 atom stereocenters. The Kier molecular flexibility index (Phi) is 5.47. The first-order valence-electron chi connectivity index (χ1n) is 7.28. The number of anilines is 1. The van der Waals surface area contributed by atoms with Gasteiger partial charge in [-0.1, -0.05) is 0 Å². The summed E-state index contributed by atoms with van der Waals surface area (Å²) in [5.41, 5.74) is -0.0326. The number of nitro benzene ring substituents is 1. The summed E-state index contributed by atoms with van der Waals surface area (Å²) < 4.78 is 5.43. The zero-order chi connectivity index (χ0) is 19.4. The molecule has 12 heteroatoms. The van der Waals surface area contributed by atoms with Gasteiger partial charge in [-0.3, -0.25) is 35.1 Å². The maximum absolute atomic E-state index is 11.9. The van der Waals surface area contributed by atoms with Crippen LogP contribution in [0.2, 0.25) is 0 Å². The predicted molar refractivity (Wildman–Crippen MR) is 98.4 cm³/mol. The molecular weight excluding hydrogens is 396 g/mol. The minimum atomic E-state index is -0.607. The summed E-state index contributed by atoms with van der Waals surface area (Å²) in [5, 5.41) is 17.2. The number of ether oxygens (including phenoxy) is 1. The second kappa shape index (κ2) is 7.97. The number of carbonyl (C=O) groups excluding carboxylic acids is 3. The molecule has 1 aliphatic heterocycles. The van der Waals surface area contributed by atoms with E-state index in [9.17, 15) is 24.5 Å². The van der Waals surface area contributed by atoms with Gasteiger partial charge in [-0.2, -0.15) is 0 Å². The highest BCUT2D eigenvalue weighted by atomic mass is 32.2. The molecule has 10 nitrogen and oxygen atoms in total. The smallest absolute Gasteiger partial charge is 0.290 e. The molecule has 1 aliphatic rings. The second-order valence-corrected chi connectivity index (χ2v) is 6.91. The van der Waals surface area contributed by atoms with Crippen molar-refractivity contribution in [2.45, 2.75) is 0 Å². The van der Waals surface area contributed by atoms with E-state index >= 15 is 0 Å². The summed E-state index contributed by atoms with van der Waals surface area (Å²) in [5.74, 6) is -0.927. The van der Waals surface area contributed by atoms with E-state index in [1.165, 1.54) is 41.8 Å². The van der Waals surface area contributed by atoms with Crippen molar-refractivity contribution in [1.82, 2.24) is 10.3 Å². The Balaban J connectivity index is 1.80. The van der Waals surface area contributed by atoms with Gasteiger partial charge in [0.05, 0.1) is 9.83 Å². The summed E-state index contributed by atoms with van der Waals surface area (Å²) in [7, 11) is 0. The SMILES string of the molecule is O=C(COc1ccc([N+](=O)[O-])cc1C=C1SC(=O)NC1=O)Nc1nccs1. The lowest BCUT2D eigenvalue weighted by Crippen LogP contribution is -2.20. The van der Waals surface area contributed by atoms with Gasteiger partial charge in [-0.15, -0.1) is 11.3 Å². The van der Waals surface area contributed by atoms with E-state index < -0.39 is 22.0 Å². The van der Waals surface area contributed by atoms with Crippen molar-refractivity contribution in [3.63, 3.8) is 0 Å². The number of thiazole rings is 1. The van der Waals surface area contributed by atoms with Gasteiger partial charge in [-0.05, 0) is 23.9 Å². The molecular formula is C15H10N4O6S2. The topological polar surface area (TPSA) is 141 Å². The van der Waals surface area contributed by atoms with E-state index in [1.807, 2.05) is 0 Å². The van der Waals surface area contributed by atoms with Gasteiger partial charge in [0, 0.05) is 29.3 Å². The highest BCUT2D eigenvalue weighted by Gasteiger charge is 2.26. The maximum Gasteiger partial charge on any atom is 0.290 e. The molecule has 3 amide bonds. The molecule has 1 aromatic heterocycles. The van der Waals surface area contributed by atoms with Gasteiger partial charge in [0.25, 0.3) is 22.7 Å². The standard InChI is InChI=1S/C15H10N4O6S2/c20-12(17-14-16-3-4-26-14)7-25-10-2-1-9(19(23)24)5-8(10)6-11-13(21)18-15(22)27-11/h1-6H,7H2,(H,16,17,20)(H,18,21,22). The van der Waals surface area contributed by atoms with Crippen LogP contribution in [0.15, 0.2) is 34.7 Å². The third-order valence-corrected chi connectivity index (χ3v) is 4.67. The Labute approximate surface area is 159 Å². The number of thioether (sulfide) groups is 1. The molecule has 27 heavy (non-hydrogen) atoms. The van der Waals surface area contributed by atoms with Crippen molar-refractivity contribution < 1.29 is 24.0 Å². The fourth-order valence-corrected chi connectivity index (χ4v) is 3.26. The number of nitrogens with one attached hydrogen (secondary N) is 2. The predicted octanol–water partition coefficient (Wildman–Crippen LogP) is 2.39. The summed E-state index contributed by atoms with van der Waals surface area (Å²) in [4.78, 5) is 49.2. The van der Waals surface area contributed by atoms with Crippen LogP contribution >= 0.6 is 23.1 Å². The number of benzene rings is 1. The van der Waals surface area contributed by atoms with Gasteiger partial charge >= 0.3 is 0 Å². The Bertz CT molecular complexity index is 957. The average Bonchev–Trinajstić information content (AvgIpc) is 3.23. The summed E-state index contributed by atoms with van der Waals surface area (Å²) in [6, 6.07) is 3.72. The number of nitro groups is 1. The number of imide groups is 1. The van der Waals surface area contributed by atoms with Crippen LogP contribution in [0.4, 0.5) is 15.6 Å². The van der Waals surface area contributed by atoms with Crippen molar-refractivity contribution in [3.05, 3.63) is 50.4 Å². The highest BCUT2D eigenvalue weighted by Crippen LogP contribution is 2.31. The van der Waals surface area contributed by atoms with E-state index in [1.54, 1.807) is 5.38 Å². The first-order chi connectivity index (χ1) is 12.9. The van der Waals surface area contributed by atoms with Crippen molar-refractivity contribution in [3.8, 4) is 5.75 Å². The molecule has 3 rings (SSSR count). The third-order valence-electron chi connectivity index (χ3n) is 3.17. The Morgan fingerprint density at radius 3 is 2.85 bits per heavy atom. The van der Waals surface area contributed by atoms with Crippen molar-refractivity contribution >= 4 is 57.0 Å². The molecule has 0 unspecified atom stereocenters. The summed E-state index contributed by atoms with van der Waals surface area (Å²) in [6.45, 7) is -0.369. The largest absolute Gasteiger partial charge is 0.483 e. The molecule has 0 radical (unpaired) electrons. The second-order valence-electron chi connectivity index (χ2n) is 5.01. The van der Waals surface area contributed by atoms with Gasteiger partial charge in [0.2, 0.25) is 0 Å². The van der Waals surface area contributed by atoms with Crippen LogP contribution in [-0.2, 0) is 9.59 Å². The van der Waals surface area contributed by atoms with E-state index in [2.05, 4.69) is 15.6 Å². The highest BCUT2D eigenvalue weighted by molar-refractivity contribution is 8.18. The Hall–Kier alpha value is -3.25. The number of non-ortho nitro benzene ring substituents is 1. The quantitative estimate of drug-likeness (QED) is 0.423. The molecule has 0 bridgehead atoms. The Morgan fingerprint density at radius 2 is 2.22 bits per heavy atom. The van der Waals surface area contributed by atoms with E-state index in [-0.39, 0.29) is 28.5 Å². The molecule has 0 spiro atoms. The van der Waals surface area contributed by atoms with E-state index in [0.29, 0.717) is 16.9 Å². The first-order valence-corrected chi connectivity index (χ1v) is 8.97. The zero-order valence-corrected chi connectivity index (χ0v) is 15.0. The Morgan fingerprint density at radius 1 is 1.41 bits per heavy atom. The fraction of sp³-hybridized carbons (Fsp3) is 0.0667. The average molecular weight is 406 g/mol. The number of carbonyl (C=O) groups is 3. The molecule has 0 aliphatic carbocycles. The minimum Gasteiger partial charge on any atom is -0.483 e. The van der Waals surface area contributed by atoms with Crippen LogP contribution < -0.4 is 15.4 Å². The van der Waals surface area contributed by atoms with E-state index in [4.69, 9.17) is 4.74 Å².